The van der Waals surface area contributed by atoms with E-state index in [1.54, 1.807) is 4.90 Å². The molecule has 6 nitrogen and oxygen atoms in total. The van der Waals surface area contributed by atoms with Crippen molar-refractivity contribution in [1.29, 1.82) is 0 Å². The van der Waals surface area contributed by atoms with Crippen LogP contribution < -0.4 is 5.32 Å². The zero-order valence-electron chi connectivity index (χ0n) is 11.5. The van der Waals surface area contributed by atoms with E-state index < -0.39 is 0 Å². The standard InChI is InChI=1S/C13H21N3O3.ClH/c17-12(7-10-9-19-6-3-14-10)15-4-5-16(11-1-2-11)13(18)8-15;/h10-11,14H,1-9H2;1H. The Balaban J connectivity index is 0.00000147. The first-order valence-corrected chi connectivity index (χ1v) is 7.12. The van der Waals surface area contributed by atoms with Gasteiger partial charge in [0.05, 0.1) is 19.8 Å². The van der Waals surface area contributed by atoms with Crippen molar-refractivity contribution in [1.82, 2.24) is 15.1 Å². The van der Waals surface area contributed by atoms with Gasteiger partial charge in [-0.05, 0) is 12.8 Å². The molecule has 3 rings (SSSR count). The maximum atomic E-state index is 12.2. The van der Waals surface area contributed by atoms with Crippen LogP contribution in [0.25, 0.3) is 0 Å². The zero-order chi connectivity index (χ0) is 13.2. The van der Waals surface area contributed by atoms with E-state index in [4.69, 9.17) is 4.74 Å². The molecular weight excluding hydrogens is 282 g/mol. The molecule has 0 spiro atoms. The molecule has 0 radical (unpaired) electrons. The van der Waals surface area contributed by atoms with E-state index in [1.165, 1.54) is 0 Å². The van der Waals surface area contributed by atoms with Crippen molar-refractivity contribution in [2.24, 2.45) is 0 Å². The number of piperazine rings is 1. The summed E-state index contributed by atoms with van der Waals surface area (Å²) in [6.45, 7) is 3.72. The number of halogens is 1. The van der Waals surface area contributed by atoms with E-state index in [2.05, 4.69) is 5.32 Å². The number of morpholine rings is 1. The highest BCUT2D eigenvalue weighted by atomic mass is 35.5. The van der Waals surface area contributed by atoms with Crippen molar-refractivity contribution in [2.45, 2.75) is 31.3 Å². The van der Waals surface area contributed by atoms with Crippen molar-refractivity contribution < 1.29 is 14.3 Å². The molecule has 7 heteroatoms. The smallest absolute Gasteiger partial charge is 0.242 e. The quantitative estimate of drug-likeness (QED) is 0.772. The second kappa shape index (κ2) is 6.74. The predicted octanol–water partition coefficient (Wildman–Crippen LogP) is -0.380. The average Bonchev–Trinajstić information content (AvgIpc) is 3.24. The van der Waals surface area contributed by atoms with Crippen molar-refractivity contribution in [3.05, 3.63) is 0 Å². The van der Waals surface area contributed by atoms with Gasteiger partial charge in [0.2, 0.25) is 11.8 Å². The van der Waals surface area contributed by atoms with Crippen LogP contribution in [0.5, 0.6) is 0 Å². The minimum absolute atomic E-state index is 0. The first-order valence-electron chi connectivity index (χ1n) is 7.12. The second-order valence-corrected chi connectivity index (χ2v) is 5.56. The molecule has 1 N–H and O–H groups in total. The van der Waals surface area contributed by atoms with E-state index >= 15 is 0 Å². The van der Waals surface area contributed by atoms with Crippen LogP contribution in [0.3, 0.4) is 0 Å². The third kappa shape index (κ3) is 3.62. The fraction of sp³-hybridized carbons (Fsp3) is 0.846. The van der Waals surface area contributed by atoms with Crippen LogP contribution in [0.4, 0.5) is 0 Å². The molecule has 3 aliphatic rings. The van der Waals surface area contributed by atoms with Gasteiger partial charge in [-0.2, -0.15) is 0 Å². The van der Waals surface area contributed by atoms with E-state index in [0.29, 0.717) is 38.8 Å². The summed E-state index contributed by atoms with van der Waals surface area (Å²) < 4.78 is 5.34. The number of nitrogens with zero attached hydrogens (tertiary/aromatic N) is 2. The van der Waals surface area contributed by atoms with Gasteiger partial charge in [-0.15, -0.1) is 12.4 Å². The van der Waals surface area contributed by atoms with Crippen LogP contribution >= 0.6 is 12.4 Å². The molecule has 3 fully saturated rings. The van der Waals surface area contributed by atoms with Gasteiger partial charge in [0.15, 0.2) is 0 Å². The molecule has 2 aliphatic heterocycles. The van der Waals surface area contributed by atoms with Gasteiger partial charge in [0, 0.05) is 38.1 Å². The highest BCUT2D eigenvalue weighted by Crippen LogP contribution is 2.28. The number of ether oxygens (including phenoxy) is 1. The Bertz CT molecular complexity index is 370. The van der Waals surface area contributed by atoms with E-state index in [1.807, 2.05) is 4.90 Å². The molecule has 2 saturated heterocycles. The van der Waals surface area contributed by atoms with Crippen LogP contribution in [-0.2, 0) is 14.3 Å². The number of carbonyl (C=O) groups excluding carboxylic acids is 2. The summed E-state index contributed by atoms with van der Waals surface area (Å²) in [6, 6.07) is 0.552. The fourth-order valence-electron chi connectivity index (χ4n) is 2.76. The second-order valence-electron chi connectivity index (χ2n) is 5.56. The molecule has 1 aliphatic carbocycles. The van der Waals surface area contributed by atoms with Gasteiger partial charge < -0.3 is 19.9 Å². The Morgan fingerprint density at radius 1 is 1.35 bits per heavy atom. The molecule has 1 unspecified atom stereocenters. The number of hydrogen-bond acceptors (Lipinski definition) is 4. The number of amides is 2. The van der Waals surface area contributed by atoms with Gasteiger partial charge in [-0.1, -0.05) is 0 Å². The summed E-state index contributed by atoms with van der Waals surface area (Å²) in [5, 5.41) is 3.27. The molecule has 0 aromatic heterocycles. The summed E-state index contributed by atoms with van der Waals surface area (Å²) in [5.74, 6) is 0.168. The molecule has 20 heavy (non-hydrogen) atoms. The molecule has 2 heterocycles. The van der Waals surface area contributed by atoms with Gasteiger partial charge in [-0.3, -0.25) is 9.59 Å². The number of carbonyl (C=O) groups is 2. The summed E-state index contributed by atoms with van der Waals surface area (Å²) in [4.78, 5) is 27.8. The van der Waals surface area contributed by atoms with Crippen molar-refractivity contribution in [2.75, 3.05) is 39.4 Å². The lowest BCUT2D eigenvalue weighted by atomic mass is 10.1. The normalized spacial score (nSPS) is 27.2. The van der Waals surface area contributed by atoms with Gasteiger partial charge >= 0.3 is 0 Å². The lowest BCUT2D eigenvalue weighted by molar-refractivity contribution is -0.146. The van der Waals surface area contributed by atoms with Crippen molar-refractivity contribution in [3.63, 3.8) is 0 Å². The first kappa shape index (κ1) is 15.5. The molecule has 2 amide bonds. The minimum atomic E-state index is 0. The monoisotopic (exact) mass is 303 g/mol. The Kier molecular flexibility index (Phi) is 5.23. The summed E-state index contributed by atoms with van der Waals surface area (Å²) in [6.07, 6.45) is 2.68. The van der Waals surface area contributed by atoms with Gasteiger partial charge in [-0.25, -0.2) is 0 Å². The molecule has 114 valence electrons. The molecule has 0 bridgehead atoms. The third-order valence-electron chi connectivity index (χ3n) is 4.02. The Hall–Kier alpha value is -0.850. The van der Waals surface area contributed by atoms with E-state index in [0.717, 1.165) is 19.4 Å². The first-order chi connectivity index (χ1) is 9.24. The maximum absolute atomic E-state index is 12.2. The third-order valence-corrected chi connectivity index (χ3v) is 4.02. The zero-order valence-corrected chi connectivity index (χ0v) is 12.4. The topological polar surface area (TPSA) is 61.9 Å². The van der Waals surface area contributed by atoms with Crippen LogP contribution in [0.2, 0.25) is 0 Å². The lowest BCUT2D eigenvalue weighted by Crippen LogP contribution is -2.54. The summed E-state index contributed by atoms with van der Waals surface area (Å²) >= 11 is 0. The maximum Gasteiger partial charge on any atom is 0.242 e. The van der Waals surface area contributed by atoms with Crippen molar-refractivity contribution in [3.8, 4) is 0 Å². The van der Waals surface area contributed by atoms with Gasteiger partial charge in [0.25, 0.3) is 0 Å². The molecule has 1 saturated carbocycles. The van der Waals surface area contributed by atoms with E-state index in [9.17, 15) is 9.59 Å². The summed E-state index contributed by atoms with van der Waals surface area (Å²) in [5.41, 5.74) is 0. The molecule has 1 atom stereocenters. The largest absolute Gasteiger partial charge is 0.378 e. The minimum Gasteiger partial charge on any atom is -0.378 e. The number of hydrogen-bond donors (Lipinski definition) is 1. The highest BCUT2D eigenvalue weighted by Gasteiger charge is 2.37. The summed E-state index contributed by atoms with van der Waals surface area (Å²) in [7, 11) is 0. The molecule has 0 aromatic rings. The van der Waals surface area contributed by atoms with Gasteiger partial charge in [0.1, 0.15) is 0 Å². The SMILES string of the molecule is Cl.O=C(CC1COCCN1)N1CCN(C2CC2)C(=O)C1. The Morgan fingerprint density at radius 3 is 2.75 bits per heavy atom. The van der Waals surface area contributed by atoms with Crippen LogP contribution in [0.1, 0.15) is 19.3 Å². The molecule has 0 aromatic carbocycles. The van der Waals surface area contributed by atoms with Crippen LogP contribution in [0, 0.1) is 0 Å². The number of nitrogens with one attached hydrogen (secondary N) is 1. The van der Waals surface area contributed by atoms with Crippen LogP contribution in [0.15, 0.2) is 0 Å². The molecular formula is C13H22ClN3O3. The number of rotatable bonds is 3. The average molecular weight is 304 g/mol. The van der Waals surface area contributed by atoms with Crippen LogP contribution in [-0.4, -0.2) is 73.1 Å². The highest BCUT2D eigenvalue weighted by molar-refractivity contribution is 5.86. The predicted molar refractivity (Wildman–Crippen MR) is 75.8 cm³/mol. The Morgan fingerprint density at radius 2 is 2.15 bits per heavy atom. The van der Waals surface area contributed by atoms with Crippen molar-refractivity contribution >= 4 is 24.2 Å². The van der Waals surface area contributed by atoms with E-state index in [-0.39, 0.29) is 36.8 Å². The fourth-order valence-corrected chi connectivity index (χ4v) is 2.76. The Labute approximate surface area is 125 Å². The lowest BCUT2D eigenvalue weighted by Gasteiger charge is -2.35.